The maximum absolute atomic E-state index is 13.9. The summed E-state index contributed by atoms with van der Waals surface area (Å²) in [6, 6.07) is 7.81. The fourth-order valence-electron chi connectivity index (χ4n) is 5.40. The molecule has 0 radical (unpaired) electrons. The third-order valence-corrected chi connectivity index (χ3v) is 7.91. The van der Waals surface area contributed by atoms with Crippen LogP contribution < -0.4 is 5.32 Å². The zero-order valence-electron chi connectivity index (χ0n) is 20.5. The van der Waals surface area contributed by atoms with E-state index in [1.54, 1.807) is 0 Å². The van der Waals surface area contributed by atoms with Gasteiger partial charge in [-0.1, -0.05) is 31.2 Å². The summed E-state index contributed by atoms with van der Waals surface area (Å²) in [5, 5.41) is 3.16. The van der Waals surface area contributed by atoms with E-state index in [0.717, 1.165) is 49.8 Å². The number of nitrogens with one attached hydrogen (secondary N) is 1. The minimum Gasteiger partial charge on any atom is -0.342 e. The SMILES string of the molecule is Cc1ccccc1C[C@]1(C2CCN(C(=O)C3(C)CC3)CC2)NC(=O)N(CCCN(C)C)C1=O. The van der Waals surface area contributed by atoms with Crippen LogP contribution in [0.4, 0.5) is 4.79 Å². The molecule has 3 fully saturated rings. The molecule has 0 aromatic heterocycles. The van der Waals surface area contributed by atoms with Crippen LogP contribution in [0.15, 0.2) is 24.3 Å². The lowest BCUT2D eigenvalue weighted by molar-refractivity contribution is -0.139. The Hall–Kier alpha value is -2.41. The first kappa shape index (κ1) is 23.7. The molecule has 1 aromatic rings. The number of likely N-dealkylation sites (tertiary alicyclic amines) is 1. The molecular weight excluding hydrogens is 416 g/mol. The predicted octanol–water partition coefficient (Wildman–Crippen LogP) is 2.82. The number of amides is 4. The Morgan fingerprint density at radius 2 is 1.82 bits per heavy atom. The van der Waals surface area contributed by atoms with Gasteiger partial charge in [0.15, 0.2) is 0 Å². The molecule has 7 heteroatoms. The molecule has 1 N–H and O–H groups in total. The smallest absolute Gasteiger partial charge is 0.325 e. The van der Waals surface area contributed by atoms with Gasteiger partial charge in [-0.15, -0.1) is 0 Å². The molecule has 1 aromatic carbocycles. The fourth-order valence-corrected chi connectivity index (χ4v) is 5.40. The number of benzene rings is 1. The quantitative estimate of drug-likeness (QED) is 0.613. The van der Waals surface area contributed by atoms with Crippen molar-refractivity contribution < 1.29 is 14.4 Å². The molecule has 4 rings (SSSR count). The fraction of sp³-hybridized carbons (Fsp3) is 0.654. The van der Waals surface area contributed by atoms with E-state index >= 15 is 0 Å². The first-order valence-electron chi connectivity index (χ1n) is 12.3. The molecular formula is C26H38N4O3. The molecule has 1 aliphatic carbocycles. The van der Waals surface area contributed by atoms with Crippen molar-refractivity contribution in [3.8, 4) is 0 Å². The summed E-state index contributed by atoms with van der Waals surface area (Å²) in [5.74, 6) is 0.151. The second-order valence-electron chi connectivity index (χ2n) is 10.7. The van der Waals surface area contributed by atoms with Crippen molar-refractivity contribution in [3.63, 3.8) is 0 Å². The van der Waals surface area contributed by atoms with Crippen LogP contribution in [0.5, 0.6) is 0 Å². The number of imide groups is 1. The zero-order valence-corrected chi connectivity index (χ0v) is 20.5. The predicted molar refractivity (Wildman–Crippen MR) is 128 cm³/mol. The van der Waals surface area contributed by atoms with Gasteiger partial charge in [0.25, 0.3) is 5.91 Å². The Morgan fingerprint density at radius 3 is 2.42 bits per heavy atom. The molecule has 2 aliphatic heterocycles. The van der Waals surface area contributed by atoms with E-state index in [9.17, 15) is 14.4 Å². The molecule has 180 valence electrons. The van der Waals surface area contributed by atoms with Gasteiger partial charge in [0.05, 0.1) is 0 Å². The van der Waals surface area contributed by atoms with Crippen LogP contribution in [0.3, 0.4) is 0 Å². The van der Waals surface area contributed by atoms with E-state index in [-0.39, 0.29) is 29.2 Å². The van der Waals surface area contributed by atoms with Crippen LogP contribution in [0, 0.1) is 18.3 Å². The summed E-state index contributed by atoms with van der Waals surface area (Å²) in [4.78, 5) is 45.2. The van der Waals surface area contributed by atoms with Crippen LogP contribution in [0.2, 0.25) is 0 Å². The Morgan fingerprint density at radius 1 is 1.15 bits per heavy atom. The normalized spacial score (nSPS) is 25.0. The number of hydrogen-bond acceptors (Lipinski definition) is 4. The molecule has 1 saturated carbocycles. The molecule has 0 spiro atoms. The average molecular weight is 455 g/mol. The largest absolute Gasteiger partial charge is 0.342 e. The Kier molecular flexibility index (Phi) is 6.54. The summed E-state index contributed by atoms with van der Waals surface area (Å²) in [6.45, 7) is 6.65. The van der Waals surface area contributed by atoms with Crippen molar-refractivity contribution in [1.82, 2.24) is 20.0 Å². The first-order chi connectivity index (χ1) is 15.7. The molecule has 7 nitrogen and oxygen atoms in total. The van der Waals surface area contributed by atoms with Crippen LogP contribution in [0.25, 0.3) is 0 Å². The monoisotopic (exact) mass is 454 g/mol. The highest BCUT2D eigenvalue weighted by Gasteiger charge is 2.56. The van der Waals surface area contributed by atoms with Gasteiger partial charge in [-0.05, 0) is 76.7 Å². The molecule has 0 unspecified atom stereocenters. The van der Waals surface area contributed by atoms with E-state index in [1.807, 2.05) is 38.1 Å². The number of nitrogens with zero attached hydrogens (tertiary/aromatic N) is 3. The maximum atomic E-state index is 13.9. The molecule has 2 saturated heterocycles. The number of rotatable bonds is 8. The van der Waals surface area contributed by atoms with Crippen molar-refractivity contribution >= 4 is 17.8 Å². The van der Waals surface area contributed by atoms with E-state index in [4.69, 9.17) is 0 Å². The van der Waals surface area contributed by atoms with Gasteiger partial charge >= 0.3 is 6.03 Å². The van der Waals surface area contributed by atoms with Gasteiger partial charge in [-0.3, -0.25) is 14.5 Å². The Balaban J connectivity index is 1.55. The summed E-state index contributed by atoms with van der Waals surface area (Å²) in [7, 11) is 3.98. The highest BCUT2D eigenvalue weighted by atomic mass is 16.2. The lowest BCUT2D eigenvalue weighted by atomic mass is 9.73. The standard InChI is InChI=1S/C26H38N4O3/c1-19-8-5-6-9-20(19)18-26(23(32)30(24(33)27-26)15-7-14-28(3)4)21-10-16-29(17-11-21)22(31)25(2)12-13-25/h5-6,8-9,21H,7,10-18H2,1-4H3,(H,27,33)/t26-/m1/s1. The van der Waals surface area contributed by atoms with Gasteiger partial charge in [0.2, 0.25) is 5.91 Å². The summed E-state index contributed by atoms with van der Waals surface area (Å²) in [6.07, 6.45) is 4.64. The number of carbonyl (C=O) groups is 3. The van der Waals surface area contributed by atoms with Crippen molar-refractivity contribution in [2.75, 3.05) is 40.3 Å². The van der Waals surface area contributed by atoms with Crippen LogP contribution in [0.1, 0.15) is 50.2 Å². The lowest BCUT2D eigenvalue weighted by Crippen LogP contribution is -2.58. The van der Waals surface area contributed by atoms with E-state index in [1.165, 1.54) is 4.90 Å². The van der Waals surface area contributed by atoms with Crippen molar-refractivity contribution in [3.05, 3.63) is 35.4 Å². The minimum absolute atomic E-state index is 0.00321. The average Bonchev–Trinajstić information content (AvgIpc) is 3.49. The molecule has 3 aliphatic rings. The molecule has 4 amide bonds. The van der Waals surface area contributed by atoms with E-state index in [2.05, 4.69) is 29.3 Å². The minimum atomic E-state index is -0.945. The highest BCUT2D eigenvalue weighted by molar-refractivity contribution is 6.07. The second-order valence-corrected chi connectivity index (χ2v) is 10.7. The van der Waals surface area contributed by atoms with Crippen molar-refractivity contribution in [2.24, 2.45) is 11.3 Å². The lowest BCUT2D eigenvalue weighted by Gasteiger charge is -2.41. The summed E-state index contributed by atoms with van der Waals surface area (Å²) in [5.41, 5.74) is 1.09. The topological polar surface area (TPSA) is 73.0 Å². The molecule has 0 bridgehead atoms. The Bertz CT molecular complexity index is 918. The number of urea groups is 1. The third-order valence-electron chi connectivity index (χ3n) is 7.91. The first-order valence-corrected chi connectivity index (χ1v) is 12.3. The summed E-state index contributed by atoms with van der Waals surface area (Å²) >= 11 is 0. The number of piperidine rings is 1. The second kappa shape index (κ2) is 9.09. The molecule has 1 atom stereocenters. The van der Waals surface area contributed by atoms with Crippen LogP contribution in [-0.4, -0.2) is 78.4 Å². The zero-order chi connectivity index (χ0) is 23.8. The number of carbonyl (C=O) groups excluding carboxylic acids is 3. The molecule has 2 heterocycles. The third kappa shape index (κ3) is 4.65. The van der Waals surface area contributed by atoms with Gasteiger partial charge in [0, 0.05) is 31.5 Å². The van der Waals surface area contributed by atoms with Gasteiger partial charge in [0.1, 0.15) is 5.54 Å². The van der Waals surface area contributed by atoms with Crippen molar-refractivity contribution in [1.29, 1.82) is 0 Å². The van der Waals surface area contributed by atoms with Crippen LogP contribution in [-0.2, 0) is 16.0 Å². The molecule has 33 heavy (non-hydrogen) atoms. The highest BCUT2D eigenvalue weighted by Crippen LogP contribution is 2.47. The van der Waals surface area contributed by atoms with Gasteiger partial charge < -0.3 is 15.1 Å². The van der Waals surface area contributed by atoms with Crippen LogP contribution >= 0.6 is 0 Å². The Labute approximate surface area is 197 Å². The summed E-state index contributed by atoms with van der Waals surface area (Å²) < 4.78 is 0. The number of hydrogen-bond donors (Lipinski definition) is 1. The van der Waals surface area contributed by atoms with Gasteiger partial charge in [-0.25, -0.2) is 4.79 Å². The maximum Gasteiger partial charge on any atom is 0.325 e. The van der Waals surface area contributed by atoms with Crippen molar-refractivity contribution in [2.45, 2.75) is 57.9 Å². The van der Waals surface area contributed by atoms with Gasteiger partial charge in [-0.2, -0.15) is 0 Å². The number of aryl methyl sites for hydroxylation is 1. The van der Waals surface area contributed by atoms with E-state index < -0.39 is 5.54 Å². The van der Waals surface area contributed by atoms with E-state index in [0.29, 0.717) is 26.1 Å².